The van der Waals surface area contributed by atoms with E-state index in [0.717, 1.165) is 6.42 Å². The average molecular weight is 401 g/mol. The first kappa shape index (κ1) is 19.8. The van der Waals surface area contributed by atoms with Gasteiger partial charge in [0.1, 0.15) is 18.0 Å². The normalized spacial score (nSPS) is 24.2. The molecular weight excluding hydrogens is 377 g/mol. The topological polar surface area (TPSA) is 119 Å². The van der Waals surface area contributed by atoms with E-state index in [0.29, 0.717) is 35.2 Å². The van der Waals surface area contributed by atoms with Crippen LogP contribution in [0.4, 0.5) is 10.1 Å². The Morgan fingerprint density at radius 1 is 1.44 bits per heavy atom. The van der Waals surface area contributed by atoms with Crippen LogP contribution in [0.25, 0.3) is 0 Å². The molecule has 1 aliphatic heterocycles. The number of carbonyl (C=O) groups is 1. The second-order valence-corrected chi connectivity index (χ2v) is 8.99. The molecule has 0 unspecified atom stereocenters. The smallest absolute Gasteiger partial charge is 0.326 e. The number of nitrogens with zero attached hydrogens (tertiary/aromatic N) is 1. The van der Waals surface area contributed by atoms with Crippen LogP contribution < -0.4 is 14.3 Å². The summed E-state index contributed by atoms with van der Waals surface area (Å²) in [6.07, 6.45) is 0.709. The lowest BCUT2D eigenvalue weighted by Crippen LogP contribution is -2.40. The second kappa shape index (κ2) is 7.25. The molecule has 0 bridgehead atoms. The number of hydrogen-bond acceptors (Lipinski definition) is 6. The van der Waals surface area contributed by atoms with Gasteiger partial charge >= 0.3 is 10.2 Å². The molecule has 0 saturated carbocycles. The van der Waals surface area contributed by atoms with Crippen LogP contribution in [0.15, 0.2) is 6.07 Å². The zero-order chi connectivity index (χ0) is 19.9. The van der Waals surface area contributed by atoms with Gasteiger partial charge in [0, 0.05) is 11.6 Å². The van der Waals surface area contributed by atoms with Crippen molar-refractivity contribution in [2.75, 3.05) is 17.4 Å². The molecule has 1 saturated heterocycles. The molecule has 27 heavy (non-hydrogen) atoms. The maximum atomic E-state index is 15.2. The molecule has 3 rings (SSSR count). The Morgan fingerprint density at radius 3 is 2.74 bits per heavy atom. The highest BCUT2D eigenvalue weighted by atomic mass is 32.2. The Balaban J connectivity index is 1.95. The van der Waals surface area contributed by atoms with Crippen LogP contribution in [0.3, 0.4) is 0 Å². The highest BCUT2D eigenvalue weighted by Gasteiger charge is 2.40. The number of aliphatic hydroxyl groups excluding tert-OH is 1. The van der Waals surface area contributed by atoms with Gasteiger partial charge in [-0.1, -0.05) is 13.8 Å². The Hall–Kier alpha value is -1.91. The number of aromatic hydroxyl groups is 1. The molecule has 4 N–H and O–H groups in total. The SMILES string of the molecule is CC(C)CCN[C@@H]1CCc2cc(O)c(N3CC(=O)NS3(=O)=O)c(F)c2[C@H]1O. The lowest BCUT2D eigenvalue weighted by molar-refractivity contribution is -0.117. The molecular formula is C17H24FN3O5S. The molecule has 1 aliphatic carbocycles. The summed E-state index contributed by atoms with van der Waals surface area (Å²) in [5, 5.41) is 24.1. The molecule has 2 aliphatic rings. The zero-order valence-corrected chi connectivity index (χ0v) is 16.0. The molecule has 10 heteroatoms. The van der Waals surface area contributed by atoms with E-state index in [1.54, 1.807) is 4.72 Å². The van der Waals surface area contributed by atoms with Gasteiger partial charge in [0.25, 0.3) is 5.91 Å². The molecule has 1 aromatic carbocycles. The molecule has 1 amide bonds. The number of aliphatic hydroxyl groups is 1. The van der Waals surface area contributed by atoms with Gasteiger partial charge in [0.15, 0.2) is 5.82 Å². The number of aryl methyl sites for hydroxylation is 1. The maximum absolute atomic E-state index is 15.2. The number of phenols is 1. The van der Waals surface area contributed by atoms with Crippen molar-refractivity contribution in [3.8, 4) is 5.75 Å². The highest BCUT2D eigenvalue weighted by molar-refractivity contribution is 7.92. The monoisotopic (exact) mass is 401 g/mol. The van der Waals surface area contributed by atoms with Gasteiger partial charge in [0.05, 0.1) is 6.10 Å². The minimum atomic E-state index is -4.28. The van der Waals surface area contributed by atoms with E-state index >= 15 is 4.39 Å². The standard InChI is InChI=1S/C17H24FN3O5S/c1-9(2)5-6-19-11-4-3-10-7-12(22)16(15(18)14(10)17(11)24)21-8-13(23)20-27(21,25)26/h7,9,11,17,19,22,24H,3-6,8H2,1-2H3,(H,20,23)/t11-,17+/m1/s1. The van der Waals surface area contributed by atoms with Crippen LogP contribution in [-0.4, -0.2) is 43.7 Å². The van der Waals surface area contributed by atoms with Crippen molar-refractivity contribution in [3.05, 3.63) is 23.0 Å². The Labute approximate surface area is 157 Å². The molecule has 150 valence electrons. The number of rotatable bonds is 5. The summed E-state index contributed by atoms with van der Waals surface area (Å²) in [6.45, 7) is 4.20. The van der Waals surface area contributed by atoms with E-state index in [9.17, 15) is 23.4 Å². The fourth-order valence-corrected chi connectivity index (χ4v) is 4.71. The fraction of sp³-hybridized carbons (Fsp3) is 0.588. The van der Waals surface area contributed by atoms with Crippen molar-refractivity contribution in [1.29, 1.82) is 0 Å². The summed E-state index contributed by atoms with van der Waals surface area (Å²) >= 11 is 0. The van der Waals surface area contributed by atoms with E-state index < -0.39 is 46.0 Å². The van der Waals surface area contributed by atoms with Crippen molar-refractivity contribution >= 4 is 21.8 Å². The first-order valence-electron chi connectivity index (χ1n) is 8.90. The van der Waals surface area contributed by atoms with E-state index in [2.05, 4.69) is 19.2 Å². The third-order valence-corrected chi connectivity index (χ3v) is 6.32. The van der Waals surface area contributed by atoms with Gasteiger partial charge in [-0.3, -0.25) is 4.79 Å². The minimum absolute atomic E-state index is 0.0364. The van der Waals surface area contributed by atoms with E-state index in [-0.39, 0.29) is 11.6 Å². The molecule has 0 spiro atoms. The van der Waals surface area contributed by atoms with Gasteiger partial charge in [-0.05, 0) is 43.4 Å². The Morgan fingerprint density at radius 2 is 2.15 bits per heavy atom. The largest absolute Gasteiger partial charge is 0.506 e. The molecule has 1 fully saturated rings. The van der Waals surface area contributed by atoms with Crippen LogP contribution in [0.5, 0.6) is 5.75 Å². The minimum Gasteiger partial charge on any atom is -0.506 e. The summed E-state index contributed by atoms with van der Waals surface area (Å²) in [4.78, 5) is 11.4. The van der Waals surface area contributed by atoms with Crippen molar-refractivity contribution in [2.45, 2.75) is 45.3 Å². The summed E-state index contributed by atoms with van der Waals surface area (Å²) in [5.74, 6) is -1.94. The summed E-state index contributed by atoms with van der Waals surface area (Å²) in [7, 11) is -4.28. The predicted molar refractivity (Wildman–Crippen MR) is 97.0 cm³/mol. The number of amides is 1. The number of anilines is 1. The number of benzene rings is 1. The number of nitrogens with one attached hydrogen (secondary N) is 2. The van der Waals surface area contributed by atoms with E-state index in [1.807, 2.05) is 0 Å². The molecule has 0 aromatic heterocycles. The van der Waals surface area contributed by atoms with Crippen molar-refractivity contribution in [2.24, 2.45) is 5.92 Å². The molecule has 1 aromatic rings. The number of halogens is 1. The lowest BCUT2D eigenvalue weighted by atomic mass is 9.84. The summed E-state index contributed by atoms with van der Waals surface area (Å²) in [5.41, 5.74) is -0.223. The number of fused-ring (bicyclic) bond motifs is 1. The fourth-order valence-electron chi connectivity index (χ4n) is 3.54. The van der Waals surface area contributed by atoms with Gasteiger partial charge in [-0.15, -0.1) is 0 Å². The van der Waals surface area contributed by atoms with Crippen LogP contribution >= 0.6 is 0 Å². The number of hydrogen-bond donors (Lipinski definition) is 4. The zero-order valence-electron chi connectivity index (χ0n) is 15.2. The van der Waals surface area contributed by atoms with Gasteiger partial charge < -0.3 is 15.5 Å². The first-order chi connectivity index (χ1) is 12.6. The lowest BCUT2D eigenvalue weighted by Gasteiger charge is -2.33. The second-order valence-electron chi connectivity index (χ2n) is 7.39. The van der Waals surface area contributed by atoms with Crippen molar-refractivity contribution < 1.29 is 27.8 Å². The average Bonchev–Trinajstić information content (AvgIpc) is 2.81. The van der Waals surface area contributed by atoms with Crippen molar-refractivity contribution in [3.63, 3.8) is 0 Å². The van der Waals surface area contributed by atoms with Crippen molar-refractivity contribution in [1.82, 2.24) is 10.0 Å². The highest BCUT2D eigenvalue weighted by Crippen LogP contribution is 2.42. The summed E-state index contributed by atoms with van der Waals surface area (Å²) < 4.78 is 41.5. The predicted octanol–water partition coefficient (Wildman–Crippen LogP) is 0.696. The third-order valence-electron chi connectivity index (χ3n) is 4.94. The molecule has 0 radical (unpaired) electrons. The Kier molecular flexibility index (Phi) is 5.33. The number of carbonyl (C=O) groups excluding carboxylic acids is 1. The summed E-state index contributed by atoms with van der Waals surface area (Å²) in [6, 6.07) is 0.887. The van der Waals surface area contributed by atoms with Crippen LogP contribution in [-0.2, 0) is 21.4 Å². The first-order valence-corrected chi connectivity index (χ1v) is 10.3. The third kappa shape index (κ3) is 3.74. The van der Waals surface area contributed by atoms with E-state index in [1.165, 1.54) is 6.07 Å². The molecule has 2 atom stereocenters. The van der Waals surface area contributed by atoms with Gasteiger partial charge in [0.2, 0.25) is 0 Å². The quantitative estimate of drug-likeness (QED) is 0.577. The van der Waals surface area contributed by atoms with Crippen LogP contribution in [0.1, 0.15) is 43.9 Å². The molecule has 1 heterocycles. The van der Waals surface area contributed by atoms with Gasteiger partial charge in [-0.2, -0.15) is 8.42 Å². The number of phenolic OH excluding ortho intramolecular Hbond substituents is 1. The van der Waals surface area contributed by atoms with Gasteiger partial charge in [-0.25, -0.2) is 13.4 Å². The Bertz CT molecular complexity index is 859. The van der Waals surface area contributed by atoms with Crippen LogP contribution in [0, 0.1) is 11.7 Å². The molecule has 8 nitrogen and oxygen atoms in total. The van der Waals surface area contributed by atoms with E-state index in [4.69, 9.17) is 0 Å². The maximum Gasteiger partial charge on any atom is 0.326 e. The van der Waals surface area contributed by atoms with Crippen LogP contribution in [0.2, 0.25) is 0 Å².